The van der Waals surface area contributed by atoms with Crippen LogP contribution in [0.25, 0.3) is 0 Å². The summed E-state index contributed by atoms with van der Waals surface area (Å²) in [4.78, 5) is 5.52. The molecule has 22 heavy (non-hydrogen) atoms. The van der Waals surface area contributed by atoms with Crippen molar-refractivity contribution < 1.29 is 4.74 Å². The fourth-order valence-corrected chi connectivity index (χ4v) is 3.38. The minimum absolute atomic E-state index is 0. The van der Waals surface area contributed by atoms with E-state index in [-0.39, 0.29) is 24.0 Å². The number of ether oxygens (including phenoxy) is 1. The number of hydrogen-bond acceptors (Lipinski definition) is 3. The zero-order chi connectivity index (χ0) is 15.7. The van der Waals surface area contributed by atoms with E-state index < -0.39 is 0 Å². The van der Waals surface area contributed by atoms with Crippen LogP contribution in [0.4, 0.5) is 0 Å². The molecule has 0 aliphatic carbocycles. The van der Waals surface area contributed by atoms with E-state index >= 15 is 0 Å². The van der Waals surface area contributed by atoms with Gasteiger partial charge in [0.25, 0.3) is 0 Å². The van der Waals surface area contributed by atoms with Gasteiger partial charge < -0.3 is 15.4 Å². The molecule has 0 fully saturated rings. The van der Waals surface area contributed by atoms with Crippen LogP contribution in [0.1, 0.15) is 32.1 Å². The second kappa shape index (κ2) is 12.5. The highest BCUT2D eigenvalue weighted by molar-refractivity contribution is 14.0. The van der Waals surface area contributed by atoms with E-state index in [4.69, 9.17) is 4.74 Å². The first-order valence-electron chi connectivity index (χ1n) is 7.35. The van der Waals surface area contributed by atoms with E-state index in [1.807, 2.05) is 6.92 Å². The lowest BCUT2D eigenvalue weighted by molar-refractivity contribution is 0.0258. The van der Waals surface area contributed by atoms with Crippen LogP contribution in [0.2, 0.25) is 0 Å². The van der Waals surface area contributed by atoms with E-state index in [2.05, 4.69) is 56.8 Å². The van der Waals surface area contributed by atoms with Gasteiger partial charge in [-0.05, 0) is 41.3 Å². The number of nitrogens with one attached hydrogen (secondary N) is 2. The SMILES string of the molecule is CCOC(CCNC(=NC)NCc1cc(Br)cs1)C(C)C.I. The summed E-state index contributed by atoms with van der Waals surface area (Å²) < 4.78 is 6.88. The van der Waals surface area contributed by atoms with Gasteiger partial charge in [-0.15, -0.1) is 35.3 Å². The lowest BCUT2D eigenvalue weighted by Gasteiger charge is -2.21. The summed E-state index contributed by atoms with van der Waals surface area (Å²) in [6, 6.07) is 2.12. The van der Waals surface area contributed by atoms with Crippen LogP contribution in [0, 0.1) is 5.92 Å². The molecule has 0 aliphatic rings. The lowest BCUT2D eigenvalue weighted by atomic mass is 10.0. The van der Waals surface area contributed by atoms with Crippen molar-refractivity contribution in [2.45, 2.75) is 39.8 Å². The Morgan fingerprint density at radius 1 is 1.41 bits per heavy atom. The lowest BCUT2D eigenvalue weighted by Crippen LogP contribution is -2.38. The molecule has 1 rings (SSSR count). The first-order chi connectivity index (χ1) is 10.1. The Morgan fingerprint density at radius 2 is 2.14 bits per heavy atom. The molecule has 0 radical (unpaired) electrons. The van der Waals surface area contributed by atoms with Crippen LogP contribution in [0.15, 0.2) is 20.9 Å². The van der Waals surface area contributed by atoms with Crippen molar-refractivity contribution in [1.82, 2.24) is 10.6 Å². The minimum atomic E-state index is 0. The third kappa shape index (κ3) is 8.69. The summed E-state index contributed by atoms with van der Waals surface area (Å²) in [6.07, 6.45) is 1.28. The molecule has 0 bridgehead atoms. The molecular weight excluding hydrogens is 477 g/mol. The number of rotatable bonds is 8. The molecule has 128 valence electrons. The predicted octanol–water partition coefficient (Wildman–Crippen LogP) is 4.24. The Balaban J connectivity index is 0.00000441. The van der Waals surface area contributed by atoms with Gasteiger partial charge in [-0.3, -0.25) is 4.99 Å². The van der Waals surface area contributed by atoms with Crippen LogP contribution in [0.5, 0.6) is 0 Å². The molecule has 1 atom stereocenters. The van der Waals surface area contributed by atoms with Crippen LogP contribution < -0.4 is 10.6 Å². The van der Waals surface area contributed by atoms with Gasteiger partial charge in [0, 0.05) is 34.9 Å². The summed E-state index contributed by atoms with van der Waals surface area (Å²) in [7, 11) is 1.79. The third-order valence-electron chi connectivity index (χ3n) is 3.12. The average molecular weight is 504 g/mol. The topological polar surface area (TPSA) is 45.6 Å². The van der Waals surface area contributed by atoms with Crippen molar-refractivity contribution >= 4 is 57.2 Å². The quantitative estimate of drug-likeness (QED) is 0.317. The number of nitrogens with zero attached hydrogens (tertiary/aromatic N) is 1. The molecule has 0 saturated carbocycles. The Morgan fingerprint density at radius 3 is 2.64 bits per heavy atom. The highest BCUT2D eigenvalue weighted by Gasteiger charge is 2.12. The number of aliphatic imine (C=N–C) groups is 1. The number of hydrogen-bond donors (Lipinski definition) is 2. The monoisotopic (exact) mass is 503 g/mol. The fraction of sp³-hybridized carbons (Fsp3) is 0.667. The van der Waals surface area contributed by atoms with Gasteiger partial charge in [0.05, 0.1) is 12.6 Å². The van der Waals surface area contributed by atoms with Gasteiger partial charge in [0.1, 0.15) is 0 Å². The maximum Gasteiger partial charge on any atom is 0.191 e. The zero-order valence-corrected chi connectivity index (χ0v) is 18.4. The third-order valence-corrected chi connectivity index (χ3v) is 4.82. The predicted molar refractivity (Wildman–Crippen MR) is 111 cm³/mol. The van der Waals surface area contributed by atoms with Gasteiger partial charge in [-0.2, -0.15) is 0 Å². The van der Waals surface area contributed by atoms with Gasteiger partial charge in [-0.1, -0.05) is 13.8 Å². The molecule has 1 heterocycles. The van der Waals surface area contributed by atoms with Crippen molar-refractivity contribution in [3.8, 4) is 0 Å². The number of thiophene rings is 1. The summed E-state index contributed by atoms with van der Waals surface area (Å²) in [5, 5.41) is 8.75. The maximum atomic E-state index is 5.75. The second-order valence-corrected chi connectivity index (χ2v) is 7.02. The maximum absolute atomic E-state index is 5.75. The smallest absolute Gasteiger partial charge is 0.191 e. The Hall–Kier alpha value is 0.140. The molecule has 0 spiro atoms. The van der Waals surface area contributed by atoms with Crippen molar-refractivity contribution in [1.29, 1.82) is 0 Å². The van der Waals surface area contributed by atoms with Gasteiger partial charge in [0.2, 0.25) is 0 Å². The van der Waals surface area contributed by atoms with E-state index in [1.165, 1.54) is 4.88 Å². The first-order valence-corrected chi connectivity index (χ1v) is 9.03. The molecule has 0 aliphatic heterocycles. The van der Waals surface area contributed by atoms with Crippen LogP contribution in [-0.4, -0.2) is 32.3 Å². The average Bonchev–Trinajstić information content (AvgIpc) is 2.86. The van der Waals surface area contributed by atoms with E-state index in [9.17, 15) is 0 Å². The van der Waals surface area contributed by atoms with Gasteiger partial charge in [-0.25, -0.2) is 0 Å². The Kier molecular flexibility index (Phi) is 12.6. The summed E-state index contributed by atoms with van der Waals surface area (Å²) in [5.41, 5.74) is 0. The van der Waals surface area contributed by atoms with Crippen molar-refractivity contribution in [2.24, 2.45) is 10.9 Å². The zero-order valence-electron chi connectivity index (χ0n) is 13.7. The van der Waals surface area contributed by atoms with Gasteiger partial charge >= 0.3 is 0 Å². The molecule has 1 aromatic heterocycles. The highest BCUT2D eigenvalue weighted by atomic mass is 127. The molecule has 1 unspecified atom stereocenters. The van der Waals surface area contributed by atoms with Crippen molar-refractivity contribution in [2.75, 3.05) is 20.2 Å². The van der Waals surface area contributed by atoms with Gasteiger partial charge in [0.15, 0.2) is 5.96 Å². The van der Waals surface area contributed by atoms with E-state index in [0.717, 1.165) is 36.5 Å². The molecule has 4 nitrogen and oxygen atoms in total. The molecule has 7 heteroatoms. The highest BCUT2D eigenvalue weighted by Crippen LogP contribution is 2.19. The largest absolute Gasteiger partial charge is 0.378 e. The summed E-state index contributed by atoms with van der Waals surface area (Å²) >= 11 is 5.19. The minimum Gasteiger partial charge on any atom is -0.378 e. The van der Waals surface area contributed by atoms with Crippen molar-refractivity contribution in [3.05, 3.63) is 20.8 Å². The molecule has 1 aromatic rings. The summed E-state index contributed by atoms with van der Waals surface area (Å²) in [5.74, 6) is 1.36. The van der Waals surface area contributed by atoms with Crippen LogP contribution in [0.3, 0.4) is 0 Å². The number of halogens is 2. The Bertz CT molecular complexity index is 440. The number of guanidine groups is 1. The van der Waals surface area contributed by atoms with Crippen LogP contribution >= 0.6 is 51.2 Å². The normalized spacial score (nSPS) is 12.9. The van der Waals surface area contributed by atoms with E-state index in [1.54, 1.807) is 18.4 Å². The fourth-order valence-electron chi connectivity index (χ4n) is 1.99. The molecular formula is C15H27BrIN3OS. The molecule has 0 aromatic carbocycles. The standard InChI is InChI=1S/C15H26BrN3OS.HI/c1-5-20-14(11(2)3)6-7-18-15(17-4)19-9-13-8-12(16)10-21-13;/h8,10-11,14H,5-7,9H2,1-4H3,(H2,17,18,19);1H. The van der Waals surface area contributed by atoms with Crippen molar-refractivity contribution in [3.63, 3.8) is 0 Å². The van der Waals surface area contributed by atoms with Crippen LogP contribution in [-0.2, 0) is 11.3 Å². The Labute approximate surface area is 163 Å². The second-order valence-electron chi connectivity index (χ2n) is 5.11. The molecule has 0 amide bonds. The van der Waals surface area contributed by atoms with E-state index in [0.29, 0.717) is 12.0 Å². The molecule has 0 saturated heterocycles. The molecule has 2 N–H and O–H groups in total. The first kappa shape index (κ1) is 22.1. The summed E-state index contributed by atoms with van der Waals surface area (Å²) in [6.45, 7) is 8.85.